The molecule has 0 fully saturated rings. The smallest absolute Gasteiger partial charge is 0.319 e. The molecule has 0 spiro atoms. The molecule has 20 heavy (non-hydrogen) atoms. The van der Waals surface area contributed by atoms with E-state index in [2.05, 4.69) is 20.8 Å². The van der Waals surface area contributed by atoms with Crippen molar-refractivity contribution in [2.75, 3.05) is 11.9 Å². The number of aliphatic carboxylic acids is 1. The maximum Gasteiger partial charge on any atom is 0.319 e. The van der Waals surface area contributed by atoms with Crippen molar-refractivity contribution in [1.29, 1.82) is 0 Å². The number of carbonyl (C=O) groups excluding carboxylic acids is 1. The Morgan fingerprint density at radius 3 is 2.50 bits per heavy atom. The lowest BCUT2D eigenvalue weighted by molar-refractivity contribution is -0.137. The van der Waals surface area contributed by atoms with E-state index >= 15 is 0 Å². The highest BCUT2D eigenvalue weighted by Crippen LogP contribution is 2.15. The van der Waals surface area contributed by atoms with Gasteiger partial charge in [0.2, 0.25) is 0 Å². The van der Waals surface area contributed by atoms with Gasteiger partial charge in [0.05, 0.1) is 17.1 Å². The molecule has 2 amide bonds. The number of carboxylic acid groups (broad SMARTS) is 1. The van der Waals surface area contributed by atoms with E-state index in [-0.39, 0.29) is 12.5 Å². The van der Waals surface area contributed by atoms with Crippen molar-refractivity contribution < 1.29 is 14.7 Å². The molecule has 0 bridgehead atoms. The molecule has 112 valence electrons. The first-order chi connectivity index (χ1) is 9.50. The van der Waals surface area contributed by atoms with E-state index in [0.717, 1.165) is 30.7 Å². The van der Waals surface area contributed by atoms with Crippen molar-refractivity contribution >= 4 is 17.7 Å². The van der Waals surface area contributed by atoms with Crippen LogP contribution < -0.4 is 10.6 Å². The number of hydrogen-bond donors (Lipinski definition) is 4. The Kier molecular flexibility index (Phi) is 6.55. The number of anilines is 1. The van der Waals surface area contributed by atoms with Gasteiger partial charge in [0.15, 0.2) is 0 Å². The van der Waals surface area contributed by atoms with Crippen LogP contribution in [-0.4, -0.2) is 33.8 Å². The fourth-order valence-electron chi connectivity index (χ4n) is 1.85. The predicted octanol–water partition coefficient (Wildman–Crippen LogP) is 2.18. The lowest BCUT2D eigenvalue weighted by atomic mass is 10.1. The first kappa shape index (κ1) is 16.0. The first-order valence-corrected chi connectivity index (χ1v) is 6.79. The van der Waals surface area contributed by atoms with Gasteiger partial charge in [-0.05, 0) is 26.7 Å². The third kappa shape index (κ3) is 5.73. The molecule has 0 saturated heterocycles. The monoisotopic (exact) mass is 282 g/mol. The number of rotatable bonds is 8. The minimum absolute atomic E-state index is 0.215. The van der Waals surface area contributed by atoms with Crippen LogP contribution in [0.1, 0.15) is 43.5 Å². The lowest BCUT2D eigenvalue weighted by Gasteiger charge is -2.07. The molecule has 7 heteroatoms. The van der Waals surface area contributed by atoms with Gasteiger partial charge in [0.1, 0.15) is 0 Å². The summed E-state index contributed by atoms with van der Waals surface area (Å²) in [6.45, 7) is 4.24. The second kappa shape index (κ2) is 8.19. The molecule has 1 heterocycles. The van der Waals surface area contributed by atoms with Gasteiger partial charge < -0.3 is 15.7 Å². The molecular weight excluding hydrogens is 260 g/mol. The fraction of sp³-hybridized carbons (Fsp3) is 0.615. The third-order valence-corrected chi connectivity index (χ3v) is 2.97. The highest BCUT2D eigenvalue weighted by Gasteiger charge is 2.09. The highest BCUT2D eigenvalue weighted by molar-refractivity contribution is 5.90. The largest absolute Gasteiger partial charge is 0.481 e. The van der Waals surface area contributed by atoms with Crippen LogP contribution in [0, 0.1) is 13.8 Å². The van der Waals surface area contributed by atoms with Gasteiger partial charge >= 0.3 is 12.0 Å². The molecule has 0 aromatic carbocycles. The van der Waals surface area contributed by atoms with Crippen molar-refractivity contribution in [2.45, 2.75) is 46.0 Å². The SMILES string of the molecule is Cc1n[nH]c(C)c1NC(=O)NCCCCCCC(=O)O. The quantitative estimate of drug-likeness (QED) is 0.548. The van der Waals surface area contributed by atoms with Crippen LogP contribution >= 0.6 is 0 Å². The number of nitrogens with one attached hydrogen (secondary N) is 3. The van der Waals surface area contributed by atoms with Crippen molar-refractivity contribution in [2.24, 2.45) is 0 Å². The number of carboxylic acids is 1. The summed E-state index contributed by atoms with van der Waals surface area (Å²) < 4.78 is 0. The average Bonchev–Trinajstić information content (AvgIpc) is 2.69. The molecule has 0 saturated carbocycles. The lowest BCUT2D eigenvalue weighted by Crippen LogP contribution is -2.29. The zero-order chi connectivity index (χ0) is 15.0. The summed E-state index contributed by atoms with van der Waals surface area (Å²) in [4.78, 5) is 22.0. The molecule has 4 N–H and O–H groups in total. The average molecular weight is 282 g/mol. The summed E-state index contributed by atoms with van der Waals surface area (Å²) >= 11 is 0. The van der Waals surface area contributed by atoms with E-state index in [1.165, 1.54) is 0 Å². The second-order valence-electron chi connectivity index (χ2n) is 4.75. The molecule has 0 aliphatic heterocycles. The third-order valence-electron chi connectivity index (χ3n) is 2.97. The maximum absolute atomic E-state index is 11.7. The Morgan fingerprint density at radius 1 is 1.20 bits per heavy atom. The molecule has 0 aliphatic rings. The Bertz CT molecular complexity index is 437. The fourth-order valence-corrected chi connectivity index (χ4v) is 1.85. The molecular formula is C13H22N4O3. The summed E-state index contributed by atoms with van der Waals surface area (Å²) in [5, 5.41) is 20.8. The van der Waals surface area contributed by atoms with Gasteiger partial charge in [-0.2, -0.15) is 5.10 Å². The van der Waals surface area contributed by atoms with E-state index in [0.29, 0.717) is 18.7 Å². The Morgan fingerprint density at radius 2 is 1.90 bits per heavy atom. The van der Waals surface area contributed by atoms with E-state index in [9.17, 15) is 9.59 Å². The van der Waals surface area contributed by atoms with E-state index in [4.69, 9.17) is 5.11 Å². The van der Waals surface area contributed by atoms with Crippen molar-refractivity contribution in [1.82, 2.24) is 15.5 Å². The Balaban J connectivity index is 2.10. The molecule has 0 atom stereocenters. The van der Waals surface area contributed by atoms with Crippen LogP contribution in [-0.2, 0) is 4.79 Å². The van der Waals surface area contributed by atoms with E-state index in [1.54, 1.807) is 0 Å². The molecule has 1 aromatic heterocycles. The number of amides is 2. The summed E-state index contributed by atoms with van der Waals surface area (Å²) in [6, 6.07) is -0.247. The van der Waals surface area contributed by atoms with Crippen molar-refractivity contribution in [3.63, 3.8) is 0 Å². The number of carbonyl (C=O) groups is 2. The second-order valence-corrected chi connectivity index (χ2v) is 4.75. The van der Waals surface area contributed by atoms with Crippen LogP contribution in [0.15, 0.2) is 0 Å². The molecule has 0 radical (unpaired) electrons. The van der Waals surface area contributed by atoms with Gasteiger partial charge in [-0.1, -0.05) is 12.8 Å². The topological polar surface area (TPSA) is 107 Å². The Labute approximate surface area is 118 Å². The number of aryl methyl sites for hydroxylation is 2. The number of aromatic amines is 1. The van der Waals surface area contributed by atoms with Gasteiger partial charge in [-0.3, -0.25) is 9.89 Å². The van der Waals surface area contributed by atoms with Crippen LogP contribution in [0.3, 0.4) is 0 Å². The number of nitrogens with zero attached hydrogens (tertiary/aromatic N) is 1. The van der Waals surface area contributed by atoms with E-state index in [1.807, 2.05) is 13.8 Å². The summed E-state index contributed by atoms with van der Waals surface area (Å²) in [6.07, 6.45) is 3.53. The zero-order valence-electron chi connectivity index (χ0n) is 12.0. The van der Waals surface area contributed by atoms with Crippen LogP contribution in [0.2, 0.25) is 0 Å². The van der Waals surface area contributed by atoms with Gasteiger partial charge in [0, 0.05) is 13.0 Å². The van der Waals surface area contributed by atoms with Gasteiger partial charge in [-0.15, -0.1) is 0 Å². The first-order valence-electron chi connectivity index (χ1n) is 6.79. The Hall–Kier alpha value is -2.05. The highest BCUT2D eigenvalue weighted by atomic mass is 16.4. The molecule has 1 rings (SSSR count). The summed E-state index contributed by atoms with van der Waals surface area (Å²) in [5.41, 5.74) is 2.29. The molecule has 1 aromatic rings. The normalized spacial score (nSPS) is 10.3. The predicted molar refractivity (Wildman–Crippen MR) is 75.8 cm³/mol. The summed E-state index contributed by atoms with van der Waals surface area (Å²) in [5.74, 6) is -0.756. The minimum atomic E-state index is -0.756. The van der Waals surface area contributed by atoms with Crippen LogP contribution in [0.4, 0.5) is 10.5 Å². The van der Waals surface area contributed by atoms with Crippen molar-refractivity contribution in [3.05, 3.63) is 11.4 Å². The number of unbranched alkanes of at least 4 members (excludes halogenated alkanes) is 3. The standard InChI is InChI=1S/C13H22N4O3/c1-9-12(10(2)17-16-9)15-13(20)14-8-6-4-3-5-7-11(18)19/h3-8H2,1-2H3,(H,16,17)(H,18,19)(H2,14,15,20). The number of hydrogen-bond acceptors (Lipinski definition) is 3. The van der Waals surface area contributed by atoms with Crippen molar-refractivity contribution in [3.8, 4) is 0 Å². The number of urea groups is 1. The zero-order valence-corrected chi connectivity index (χ0v) is 12.0. The van der Waals surface area contributed by atoms with Crippen LogP contribution in [0.25, 0.3) is 0 Å². The summed E-state index contributed by atoms with van der Waals surface area (Å²) in [7, 11) is 0. The van der Waals surface area contributed by atoms with Crippen LogP contribution in [0.5, 0.6) is 0 Å². The molecule has 0 aliphatic carbocycles. The number of H-pyrrole nitrogens is 1. The number of aromatic nitrogens is 2. The van der Waals surface area contributed by atoms with Gasteiger partial charge in [-0.25, -0.2) is 4.79 Å². The molecule has 7 nitrogen and oxygen atoms in total. The molecule has 0 unspecified atom stereocenters. The maximum atomic E-state index is 11.7. The van der Waals surface area contributed by atoms with Gasteiger partial charge in [0.25, 0.3) is 0 Å². The van der Waals surface area contributed by atoms with E-state index < -0.39 is 5.97 Å². The minimum Gasteiger partial charge on any atom is -0.481 e.